The Morgan fingerprint density at radius 1 is 0.533 bits per heavy atom. The molecule has 254 valence electrons. The second-order valence-electron chi connectivity index (χ2n) is 12.6. The molecule has 2 aromatic carbocycles. The molecule has 0 radical (unpaired) electrons. The zero-order chi connectivity index (χ0) is 32.5. The minimum atomic E-state index is 0.919. The molecule has 0 fully saturated rings. The van der Waals surface area contributed by atoms with Gasteiger partial charge in [-0.25, -0.2) is 4.70 Å². The molecule has 0 bridgehead atoms. The van der Waals surface area contributed by atoms with E-state index in [-0.39, 0.29) is 0 Å². The van der Waals surface area contributed by atoms with E-state index in [9.17, 15) is 5.53 Å². The molecule has 0 spiro atoms. The predicted octanol–water partition coefficient (Wildman–Crippen LogP) is 14.2. The topological polar surface area (TPSA) is 25.3 Å². The summed E-state index contributed by atoms with van der Waals surface area (Å²) >= 11 is 1.82. The first-order valence-corrected chi connectivity index (χ1v) is 20.1. The fourth-order valence-electron chi connectivity index (χ4n) is 6.09. The molecule has 3 rings (SSSR count). The number of hydrogen-bond donors (Lipinski definition) is 0. The molecule has 0 unspecified atom stereocenters. The van der Waals surface area contributed by atoms with Crippen molar-refractivity contribution < 1.29 is 19.1 Å². The Morgan fingerprint density at radius 2 is 1.04 bits per heavy atom. The van der Waals surface area contributed by atoms with Crippen molar-refractivity contribution in [1.29, 1.82) is 0 Å². The molecule has 0 saturated carbocycles. The minimum absolute atomic E-state index is 0.919. The van der Waals surface area contributed by atoms with Gasteiger partial charge in [-0.3, -0.25) is 0 Å². The van der Waals surface area contributed by atoms with Crippen molar-refractivity contribution in [2.75, 3.05) is 0 Å². The van der Waals surface area contributed by atoms with Gasteiger partial charge in [-0.1, -0.05) is 129 Å². The first kappa shape index (κ1) is 39.2. The zero-order valence-corrected chi connectivity index (χ0v) is 30.7. The van der Waals surface area contributed by atoms with Crippen molar-refractivity contribution in [1.82, 2.24) is 0 Å². The van der Waals surface area contributed by atoms with E-state index < -0.39 is 0 Å². The average Bonchev–Trinajstić information content (AvgIpc) is 3.39. The molecule has 1 aliphatic heterocycles. The van der Waals surface area contributed by atoms with E-state index in [4.69, 9.17) is 0 Å². The number of allylic oxidation sites excluding steroid dienone is 2. The van der Waals surface area contributed by atoms with Gasteiger partial charge in [0.2, 0.25) is 11.4 Å². The number of nitrogens with zero attached hydrogens (tertiary/aromatic N) is 2. The summed E-state index contributed by atoms with van der Waals surface area (Å²) in [5.41, 5.74) is 19.7. The van der Waals surface area contributed by atoms with Crippen LogP contribution in [0.1, 0.15) is 166 Å². The molecule has 0 atom stereocenters. The second kappa shape index (κ2) is 25.1. The van der Waals surface area contributed by atoms with Crippen LogP contribution in [0.25, 0.3) is 16.9 Å². The van der Waals surface area contributed by atoms with Crippen LogP contribution < -0.4 is 0 Å². The van der Waals surface area contributed by atoms with Crippen LogP contribution in [0.2, 0.25) is 10.8 Å². The molecule has 1 aliphatic rings. The van der Waals surface area contributed by atoms with Crippen LogP contribution in [-0.4, -0.2) is 4.70 Å². The Kier molecular flexibility index (Phi) is 21.9. The summed E-state index contributed by atoms with van der Waals surface area (Å²) in [7, 11) is 0. The normalized spacial score (nSPS) is 12.9. The Bertz CT molecular complexity index is 1130. The van der Waals surface area contributed by atoms with E-state index in [2.05, 4.69) is 89.2 Å². The number of hydrogen-bond acceptors (Lipinski definition) is 0. The predicted molar refractivity (Wildman–Crippen MR) is 195 cm³/mol. The van der Waals surface area contributed by atoms with Crippen molar-refractivity contribution in [2.24, 2.45) is 0 Å². The van der Waals surface area contributed by atoms with Gasteiger partial charge in [0.1, 0.15) is 0 Å². The van der Waals surface area contributed by atoms with Crippen LogP contribution in [0.5, 0.6) is 0 Å². The van der Waals surface area contributed by atoms with Crippen molar-refractivity contribution in [3.8, 4) is 0 Å². The molecule has 2 nitrogen and oxygen atoms in total. The van der Waals surface area contributed by atoms with Crippen molar-refractivity contribution >= 4 is 11.4 Å². The molecule has 0 amide bonds. The second-order valence-corrected chi connectivity index (χ2v) is 14.5. The third kappa shape index (κ3) is 15.4. The maximum atomic E-state index is 11.6. The van der Waals surface area contributed by atoms with Crippen molar-refractivity contribution in [2.45, 2.75) is 167 Å². The summed E-state index contributed by atoms with van der Waals surface area (Å²) in [6.07, 6.45) is 26.3. The van der Waals surface area contributed by atoms with Gasteiger partial charge < -0.3 is 5.53 Å². The first-order valence-electron chi connectivity index (χ1n) is 18.7. The zero-order valence-electron chi connectivity index (χ0n) is 29.8. The van der Waals surface area contributed by atoms with Gasteiger partial charge in [0, 0.05) is 22.8 Å². The van der Waals surface area contributed by atoms with E-state index in [0.717, 1.165) is 41.8 Å². The van der Waals surface area contributed by atoms with Gasteiger partial charge in [0.05, 0.1) is 0 Å². The van der Waals surface area contributed by atoms with Gasteiger partial charge in [-0.15, -0.1) is 0 Å². The molecule has 2 aromatic rings. The molecule has 1 heterocycles. The number of aryl methyl sites for hydroxylation is 2. The Hall–Kier alpha value is -1.99. The SMILES string of the molecule is CCCCCCCCC1=C(c2ccc(CCCCCCCC)cc2)[N+](=[N-])C(c2cccc(CCCCCC)c2)=C1.C[CH2][Ni][CH2]C. The first-order chi connectivity index (χ1) is 22.1. The molecule has 0 saturated heterocycles. The molecule has 45 heavy (non-hydrogen) atoms. The fourth-order valence-corrected chi connectivity index (χ4v) is 6.58. The van der Waals surface area contributed by atoms with Crippen molar-refractivity contribution in [3.63, 3.8) is 0 Å². The summed E-state index contributed by atoms with van der Waals surface area (Å²) in [6.45, 7) is 11.2. The average molecular weight is 658 g/mol. The summed E-state index contributed by atoms with van der Waals surface area (Å²) in [6, 6.07) is 17.8. The summed E-state index contributed by atoms with van der Waals surface area (Å²) < 4.78 is 1.48. The Labute approximate surface area is 284 Å². The fraction of sp³-hybridized carbons (Fsp3) is 0.619. The third-order valence-corrected chi connectivity index (χ3v) is 9.75. The van der Waals surface area contributed by atoms with Gasteiger partial charge in [0.25, 0.3) is 0 Å². The van der Waals surface area contributed by atoms with Gasteiger partial charge in [-0.05, 0) is 73.9 Å². The molecule has 0 aromatic heterocycles. The molecular weight excluding hydrogens is 591 g/mol. The molecular formula is C42H66N2Ni. The maximum absolute atomic E-state index is 11.6. The summed E-state index contributed by atoms with van der Waals surface area (Å²) in [4.78, 5) is 0. The van der Waals surface area contributed by atoms with E-state index in [1.54, 1.807) is 0 Å². The number of unbranched alkanes of at least 4 members (excludes halogenated alkanes) is 13. The number of benzene rings is 2. The Morgan fingerprint density at radius 3 is 1.60 bits per heavy atom. The number of rotatable bonds is 23. The van der Waals surface area contributed by atoms with Gasteiger partial charge in [0.15, 0.2) is 0 Å². The van der Waals surface area contributed by atoms with E-state index >= 15 is 0 Å². The van der Waals surface area contributed by atoms with Crippen molar-refractivity contribution in [3.05, 3.63) is 88.0 Å². The molecule has 3 heteroatoms. The van der Waals surface area contributed by atoms with Crippen LogP contribution in [0, 0.1) is 0 Å². The van der Waals surface area contributed by atoms with Crippen LogP contribution in [-0.2, 0) is 27.3 Å². The van der Waals surface area contributed by atoms with E-state index in [1.807, 2.05) is 14.4 Å². The molecule has 0 aliphatic carbocycles. The summed E-state index contributed by atoms with van der Waals surface area (Å²) in [5, 5.41) is 2.56. The monoisotopic (exact) mass is 656 g/mol. The van der Waals surface area contributed by atoms with Crippen LogP contribution in [0.4, 0.5) is 0 Å². The van der Waals surface area contributed by atoms with Crippen LogP contribution >= 0.6 is 0 Å². The quantitative estimate of drug-likeness (QED) is 0.0646. The van der Waals surface area contributed by atoms with E-state index in [1.165, 1.54) is 135 Å². The van der Waals surface area contributed by atoms with E-state index in [0.29, 0.717) is 0 Å². The Balaban J connectivity index is 0.00000130. The van der Waals surface area contributed by atoms with Crippen LogP contribution in [0.3, 0.4) is 0 Å². The molecule has 0 N–H and O–H groups in total. The van der Waals surface area contributed by atoms with Crippen LogP contribution in [0.15, 0.2) is 60.2 Å². The van der Waals surface area contributed by atoms with Gasteiger partial charge in [-0.2, -0.15) is 0 Å². The summed E-state index contributed by atoms with van der Waals surface area (Å²) in [5.74, 6) is 0. The van der Waals surface area contributed by atoms with Gasteiger partial charge >= 0.3 is 39.1 Å². The third-order valence-electron chi connectivity index (χ3n) is 8.76. The standard InChI is InChI=1S/C38H56N2.2C2H5.Ni/c1-4-7-10-13-15-18-21-32-26-28-34(29-27-32)38-36(24-19-16-14-11-8-5-2)31-37(40(38)39)35-25-20-23-33(30-35)22-17-12-9-6-3;2*1-2;/h20,23,25-31H,4-19,21-22,24H2,1-3H3;2*1H2,2H3;.